The largest absolute Gasteiger partial charge is 0.352 e. The number of rotatable bonds is 5. The van der Waals surface area contributed by atoms with Gasteiger partial charge < -0.3 is 0 Å². The van der Waals surface area contributed by atoms with Crippen molar-refractivity contribution in [2.45, 2.75) is 20.0 Å². The summed E-state index contributed by atoms with van der Waals surface area (Å²) in [6, 6.07) is 14.7. The maximum Gasteiger partial charge on any atom is 0.352 e. The zero-order chi connectivity index (χ0) is 18.7. The molecule has 134 valence electrons. The number of nitrogens with zero attached hydrogens (tertiary/aromatic N) is 4. The average molecular weight is 390 g/mol. The first-order valence-corrected chi connectivity index (χ1v) is 8.75. The first kappa shape index (κ1) is 18.4. The Balaban J connectivity index is 2.04. The zero-order valence-corrected chi connectivity index (χ0v) is 15.6. The lowest BCUT2D eigenvalue weighted by Gasteiger charge is -2.18. The smallest absolute Gasteiger partial charge is 0.276 e. The van der Waals surface area contributed by atoms with Crippen LogP contribution in [0.5, 0.6) is 0 Å². The second-order valence-electron chi connectivity index (χ2n) is 5.62. The van der Waals surface area contributed by atoms with Crippen molar-refractivity contribution in [2.24, 2.45) is 5.84 Å². The molecular weight excluding hydrogens is 373 g/mol. The molecule has 0 aliphatic heterocycles. The van der Waals surface area contributed by atoms with Crippen LogP contribution in [0.4, 0.5) is 5.95 Å². The van der Waals surface area contributed by atoms with E-state index < -0.39 is 5.69 Å². The van der Waals surface area contributed by atoms with E-state index in [2.05, 4.69) is 9.97 Å². The van der Waals surface area contributed by atoms with E-state index in [9.17, 15) is 4.79 Å². The third kappa shape index (κ3) is 3.88. The molecule has 1 heterocycles. The average Bonchev–Trinajstić information content (AvgIpc) is 2.64. The van der Waals surface area contributed by atoms with E-state index in [0.29, 0.717) is 34.5 Å². The van der Waals surface area contributed by atoms with Gasteiger partial charge in [0.25, 0.3) is 0 Å². The van der Waals surface area contributed by atoms with Gasteiger partial charge in [-0.05, 0) is 30.7 Å². The Labute approximate surface area is 160 Å². The Kier molecular flexibility index (Phi) is 5.56. The maximum atomic E-state index is 12.4. The Hall–Kier alpha value is -2.41. The third-order valence-electron chi connectivity index (χ3n) is 3.83. The van der Waals surface area contributed by atoms with Crippen LogP contribution in [0.2, 0.25) is 10.0 Å². The minimum Gasteiger partial charge on any atom is -0.276 e. The fourth-order valence-electron chi connectivity index (χ4n) is 2.54. The first-order valence-electron chi connectivity index (χ1n) is 8.00. The van der Waals surface area contributed by atoms with Gasteiger partial charge in [-0.15, -0.1) is 0 Å². The van der Waals surface area contributed by atoms with Gasteiger partial charge in [0.1, 0.15) is 5.82 Å². The molecule has 3 aromatic rings. The van der Waals surface area contributed by atoms with Crippen LogP contribution in [-0.4, -0.2) is 14.5 Å². The van der Waals surface area contributed by atoms with Crippen molar-refractivity contribution < 1.29 is 0 Å². The van der Waals surface area contributed by atoms with E-state index in [-0.39, 0.29) is 5.95 Å². The highest BCUT2D eigenvalue weighted by molar-refractivity contribution is 6.42. The fraction of sp³-hybridized carbons (Fsp3) is 0.167. The molecule has 8 heteroatoms. The number of benzene rings is 2. The molecule has 0 unspecified atom stereocenters. The number of halogens is 2. The standard InChI is InChI=1S/C18H17Cl2N5O/c1-2-24-16(13-8-9-14(19)15(20)10-13)22-17(23-18(24)26)25(21)11-12-6-4-3-5-7-12/h3-10H,2,11,21H2,1H3. The Morgan fingerprint density at radius 1 is 1.08 bits per heavy atom. The number of hydrazine groups is 1. The molecule has 0 saturated heterocycles. The highest BCUT2D eigenvalue weighted by Crippen LogP contribution is 2.27. The Morgan fingerprint density at radius 3 is 2.46 bits per heavy atom. The summed E-state index contributed by atoms with van der Waals surface area (Å²) in [5, 5.41) is 2.16. The van der Waals surface area contributed by atoms with Gasteiger partial charge in [0.05, 0.1) is 16.6 Å². The lowest BCUT2D eigenvalue weighted by molar-refractivity contribution is 0.671. The van der Waals surface area contributed by atoms with Crippen molar-refractivity contribution in [1.29, 1.82) is 0 Å². The molecule has 0 amide bonds. The van der Waals surface area contributed by atoms with Gasteiger partial charge in [-0.2, -0.15) is 9.97 Å². The van der Waals surface area contributed by atoms with Gasteiger partial charge in [0.2, 0.25) is 5.95 Å². The van der Waals surface area contributed by atoms with E-state index in [1.54, 1.807) is 18.2 Å². The summed E-state index contributed by atoms with van der Waals surface area (Å²) in [6.07, 6.45) is 0. The van der Waals surface area contributed by atoms with E-state index in [4.69, 9.17) is 29.0 Å². The third-order valence-corrected chi connectivity index (χ3v) is 4.57. The van der Waals surface area contributed by atoms with Crippen molar-refractivity contribution in [2.75, 3.05) is 5.01 Å². The van der Waals surface area contributed by atoms with E-state index in [1.165, 1.54) is 9.58 Å². The van der Waals surface area contributed by atoms with Gasteiger partial charge in [-0.25, -0.2) is 10.6 Å². The molecule has 0 saturated carbocycles. The van der Waals surface area contributed by atoms with E-state index >= 15 is 0 Å². The predicted octanol–water partition coefficient (Wildman–Crippen LogP) is 3.51. The molecule has 0 atom stereocenters. The molecule has 6 nitrogen and oxygen atoms in total. The van der Waals surface area contributed by atoms with Crippen LogP contribution in [0.15, 0.2) is 53.3 Å². The van der Waals surface area contributed by atoms with Crippen molar-refractivity contribution in [3.05, 3.63) is 74.6 Å². The summed E-state index contributed by atoms with van der Waals surface area (Å²) < 4.78 is 1.46. The summed E-state index contributed by atoms with van der Waals surface area (Å²) in [6.45, 7) is 2.63. The molecule has 26 heavy (non-hydrogen) atoms. The van der Waals surface area contributed by atoms with Gasteiger partial charge in [-0.1, -0.05) is 53.5 Å². The zero-order valence-electron chi connectivity index (χ0n) is 14.1. The molecule has 1 aromatic heterocycles. The van der Waals surface area contributed by atoms with Crippen LogP contribution in [-0.2, 0) is 13.1 Å². The van der Waals surface area contributed by atoms with Crippen LogP contribution in [0, 0.1) is 0 Å². The fourth-order valence-corrected chi connectivity index (χ4v) is 2.83. The van der Waals surface area contributed by atoms with Gasteiger partial charge in [-0.3, -0.25) is 9.58 Å². The molecule has 3 rings (SSSR count). The number of aromatic nitrogens is 3. The van der Waals surface area contributed by atoms with E-state index in [1.807, 2.05) is 37.3 Å². The van der Waals surface area contributed by atoms with Crippen LogP contribution < -0.4 is 16.5 Å². The highest BCUT2D eigenvalue weighted by Gasteiger charge is 2.15. The molecule has 0 aliphatic rings. The minimum atomic E-state index is -0.429. The Bertz CT molecular complexity index is 975. The number of anilines is 1. The highest BCUT2D eigenvalue weighted by atomic mass is 35.5. The lowest BCUT2D eigenvalue weighted by Crippen LogP contribution is -2.36. The topological polar surface area (TPSA) is 77.0 Å². The van der Waals surface area contributed by atoms with E-state index in [0.717, 1.165) is 5.56 Å². The SMILES string of the molecule is CCn1c(-c2ccc(Cl)c(Cl)c2)nc(N(N)Cc2ccccc2)nc1=O. The van der Waals surface area contributed by atoms with Crippen LogP contribution in [0.25, 0.3) is 11.4 Å². The van der Waals surface area contributed by atoms with Crippen LogP contribution in [0.3, 0.4) is 0 Å². The number of hydrogen-bond acceptors (Lipinski definition) is 5. The lowest BCUT2D eigenvalue weighted by atomic mass is 10.2. The summed E-state index contributed by atoms with van der Waals surface area (Å²) in [4.78, 5) is 20.9. The van der Waals surface area contributed by atoms with Crippen molar-refractivity contribution >= 4 is 29.2 Å². The number of hydrogen-bond donors (Lipinski definition) is 1. The summed E-state index contributed by atoms with van der Waals surface area (Å²) in [5.74, 6) is 6.68. The summed E-state index contributed by atoms with van der Waals surface area (Å²) in [7, 11) is 0. The second kappa shape index (κ2) is 7.86. The normalized spacial score (nSPS) is 10.8. The molecular formula is C18H17Cl2N5O. The number of nitrogens with two attached hydrogens (primary N) is 1. The van der Waals surface area contributed by atoms with Crippen LogP contribution >= 0.6 is 23.2 Å². The molecule has 2 N–H and O–H groups in total. The molecule has 0 aliphatic carbocycles. The molecule has 0 fully saturated rings. The van der Waals surface area contributed by atoms with Gasteiger partial charge in [0.15, 0.2) is 0 Å². The van der Waals surface area contributed by atoms with Crippen molar-refractivity contribution in [1.82, 2.24) is 14.5 Å². The maximum absolute atomic E-state index is 12.4. The minimum absolute atomic E-state index is 0.143. The van der Waals surface area contributed by atoms with Crippen molar-refractivity contribution in [3.63, 3.8) is 0 Å². The van der Waals surface area contributed by atoms with Gasteiger partial charge in [0, 0.05) is 12.1 Å². The first-order chi connectivity index (χ1) is 12.5. The second-order valence-corrected chi connectivity index (χ2v) is 6.43. The predicted molar refractivity (Wildman–Crippen MR) is 104 cm³/mol. The van der Waals surface area contributed by atoms with Crippen molar-refractivity contribution in [3.8, 4) is 11.4 Å². The summed E-state index contributed by atoms with van der Waals surface area (Å²) >= 11 is 12.1. The monoisotopic (exact) mass is 389 g/mol. The van der Waals surface area contributed by atoms with Gasteiger partial charge >= 0.3 is 5.69 Å². The molecule has 0 bridgehead atoms. The quantitative estimate of drug-likeness (QED) is 0.533. The van der Waals surface area contributed by atoms with Crippen LogP contribution in [0.1, 0.15) is 12.5 Å². The Morgan fingerprint density at radius 2 is 1.81 bits per heavy atom. The summed E-state index contributed by atoms with van der Waals surface area (Å²) in [5.41, 5.74) is 1.21. The molecule has 0 spiro atoms. The molecule has 0 radical (unpaired) electrons. The molecule has 2 aromatic carbocycles.